The third kappa shape index (κ3) is 3.57. The molecule has 3 heterocycles. The first-order valence-electron chi connectivity index (χ1n) is 9.80. The molecule has 1 aliphatic rings. The zero-order valence-electron chi connectivity index (χ0n) is 16.6. The Labute approximate surface area is 166 Å². The van der Waals surface area contributed by atoms with Crippen LogP contribution >= 0.6 is 11.8 Å². The highest BCUT2D eigenvalue weighted by Crippen LogP contribution is 2.32. The van der Waals surface area contributed by atoms with E-state index in [0.717, 1.165) is 24.4 Å². The summed E-state index contributed by atoms with van der Waals surface area (Å²) in [4.78, 5) is 13.4. The molecule has 3 aromatic rings. The molecule has 1 aliphatic heterocycles. The second-order valence-corrected chi connectivity index (χ2v) is 8.63. The van der Waals surface area contributed by atoms with E-state index in [1.165, 1.54) is 34.5 Å². The summed E-state index contributed by atoms with van der Waals surface area (Å²) in [7, 11) is 0. The van der Waals surface area contributed by atoms with E-state index in [-0.39, 0.29) is 0 Å². The van der Waals surface area contributed by atoms with Crippen molar-refractivity contribution in [2.45, 2.75) is 50.5 Å². The van der Waals surface area contributed by atoms with Gasteiger partial charge in [0.05, 0.1) is 5.52 Å². The number of imidazole rings is 1. The van der Waals surface area contributed by atoms with E-state index in [9.17, 15) is 0 Å². The fraction of sp³-hybridized carbons (Fsp3) is 0.455. The Balaban J connectivity index is 1.65. The van der Waals surface area contributed by atoms with Gasteiger partial charge in [0.1, 0.15) is 11.6 Å². The summed E-state index contributed by atoms with van der Waals surface area (Å²) in [6.45, 7) is 8.70. The number of thioether (sulfide) groups is 1. The summed E-state index contributed by atoms with van der Waals surface area (Å²) in [5.41, 5.74) is 2.40. The molecule has 0 saturated carbocycles. The molecule has 4 rings (SSSR count). The molecule has 0 N–H and O–H groups in total. The molecule has 27 heavy (non-hydrogen) atoms. The molecular formula is C22H28N4S. The van der Waals surface area contributed by atoms with Gasteiger partial charge in [-0.1, -0.05) is 6.07 Å². The Hall–Kier alpha value is -2.01. The zero-order chi connectivity index (χ0) is 19.0. The van der Waals surface area contributed by atoms with Crippen LogP contribution in [0, 0.1) is 6.92 Å². The lowest BCUT2D eigenvalue weighted by Gasteiger charge is -2.34. The Bertz CT molecular complexity index is 947. The summed E-state index contributed by atoms with van der Waals surface area (Å²) in [5, 5.41) is 1.25. The van der Waals surface area contributed by atoms with Gasteiger partial charge >= 0.3 is 0 Å². The van der Waals surface area contributed by atoms with Crippen LogP contribution in [0.3, 0.4) is 0 Å². The summed E-state index contributed by atoms with van der Waals surface area (Å²) < 4.78 is 2.32. The molecule has 0 aliphatic carbocycles. The maximum absolute atomic E-state index is 5.03. The molecule has 1 atom stereocenters. The lowest BCUT2D eigenvalue weighted by atomic mass is 9.96. The van der Waals surface area contributed by atoms with Gasteiger partial charge in [-0.2, -0.15) is 0 Å². The van der Waals surface area contributed by atoms with E-state index >= 15 is 0 Å². The molecule has 0 spiro atoms. The van der Waals surface area contributed by atoms with Crippen LogP contribution < -0.4 is 4.90 Å². The predicted molar refractivity (Wildman–Crippen MR) is 115 cm³/mol. The first-order chi connectivity index (χ1) is 13.1. The number of hydrogen-bond acceptors (Lipinski definition) is 4. The quantitative estimate of drug-likeness (QED) is 0.566. The maximum Gasteiger partial charge on any atom is 0.129 e. The molecule has 5 heteroatoms. The van der Waals surface area contributed by atoms with Gasteiger partial charge in [-0.15, -0.1) is 11.8 Å². The first-order valence-corrected chi connectivity index (χ1v) is 11.0. The molecule has 2 aromatic heterocycles. The molecule has 1 saturated heterocycles. The summed E-state index contributed by atoms with van der Waals surface area (Å²) in [6, 6.07) is 9.29. The normalized spacial score (nSPS) is 17.8. The molecule has 0 unspecified atom stereocenters. The van der Waals surface area contributed by atoms with Crippen LogP contribution in [-0.2, 0) is 0 Å². The van der Waals surface area contributed by atoms with E-state index in [2.05, 4.69) is 67.0 Å². The number of hydrogen-bond donors (Lipinski definition) is 0. The highest BCUT2D eigenvalue weighted by atomic mass is 32.2. The molecule has 1 fully saturated rings. The Kier molecular flexibility index (Phi) is 5.13. The predicted octanol–water partition coefficient (Wildman–Crippen LogP) is 5.43. The van der Waals surface area contributed by atoms with Crippen LogP contribution in [0.25, 0.3) is 10.9 Å². The number of pyridine rings is 1. The van der Waals surface area contributed by atoms with Crippen molar-refractivity contribution in [2.24, 2.45) is 0 Å². The van der Waals surface area contributed by atoms with Gasteiger partial charge in [0, 0.05) is 47.7 Å². The van der Waals surface area contributed by atoms with Crippen molar-refractivity contribution >= 4 is 28.5 Å². The SMILES string of the molecule is CSc1ccc2c(C)cc(N3CCC[C@H](c4nccn4C(C)C)C3)nc2c1. The second kappa shape index (κ2) is 7.55. The van der Waals surface area contributed by atoms with Crippen LogP contribution in [-0.4, -0.2) is 33.9 Å². The highest BCUT2D eigenvalue weighted by Gasteiger charge is 2.26. The second-order valence-electron chi connectivity index (χ2n) is 7.75. The number of rotatable bonds is 4. The molecule has 1 aromatic carbocycles. The van der Waals surface area contributed by atoms with Gasteiger partial charge in [-0.25, -0.2) is 9.97 Å². The van der Waals surface area contributed by atoms with E-state index in [1.807, 2.05) is 6.20 Å². The van der Waals surface area contributed by atoms with Gasteiger partial charge in [-0.05, 0) is 63.6 Å². The summed E-state index contributed by atoms with van der Waals surface area (Å²) in [6.07, 6.45) is 8.55. The average molecular weight is 381 g/mol. The molecule has 0 radical (unpaired) electrons. The number of piperidine rings is 1. The number of anilines is 1. The Morgan fingerprint density at radius 3 is 2.85 bits per heavy atom. The molecular weight excluding hydrogens is 352 g/mol. The lowest BCUT2D eigenvalue weighted by molar-refractivity contribution is 0.453. The monoisotopic (exact) mass is 380 g/mol. The third-order valence-electron chi connectivity index (χ3n) is 5.58. The minimum Gasteiger partial charge on any atom is -0.356 e. The topological polar surface area (TPSA) is 34.0 Å². The van der Waals surface area contributed by atoms with Gasteiger partial charge in [0.15, 0.2) is 0 Å². The Morgan fingerprint density at radius 2 is 2.07 bits per heavy atom. The van der Waals surface area contributed by atoms with Gasteiger partial charge < -0.3 is 9.47 Å². The van der Waals surface area contributed by atoms with Crippen molar-refractivity contribution in [1.82, 2.24) is 14.5 Å². The zero-order valence-corrected chi connectivity index (χ0v) is 17.5. The van der Waals surface area contributed by atoms with Crippen LogP contribution in [0.1, 0.15) is 50.0 Å². The number of aromatic nitrogens is 3. The van der Waals surface area contributed by atoms with Crippen molar-refractivity contribution in [3.8, 4) is 0 Å². The van der Waals surface area contributed by atoms with E-state index in [0.29, 0.717) is 12.0 Å². The molecule has 0 bridgehead atoms. The van der Waals surface area contributed by atoms with Crippen LogP contribution in [0.2, 0.25) is 0 Å². The van der Waals surface area contributed by atoms with Crippen molar-refractivity contribution in [1.29, 1.82) is 0 Å². The van der Waals surface area contributed by atoms with Gasteiger partial charge in [0.2, 0.25) is 0 Å². The van der Waals surface area contributed by atoms with Crippen molar-refractivity contribution < 1.29 is 0 Å². The minimum absolute atomic E-state index is 0.448. The fourth-order valence-corrected chi connectivity index (χ4v) is 4.56. The number of fused-ring (bicyclic) bond motifs is 1. The first kappa shape index (κ1) is 18.4. The number of benzene rings is 1. The third-order valence-corrected chi connectivity index (χ3v) is 6.30. The van der Waals surface area contributed by atoms with Crippen LogP contribution in [0.15, 0.2) is 41.6 Å². The lowest BCUT2D eigenvalue weighted by Crippen LogP contribution is -2.36. The highest BCUT2D eigenvalue weighted by molar-refractivity contribution is 7.98. The molecule has 142 valence electrons. The maximum atomic E-state index is 5.03. The van der Waals surface area contributed by atoms with Crippen molar-refractivity contribution in [2.75, 3.05) is 24.2 Å². The summed E-state index contributed by atoms with van der Waals surface area (Å²) >= 11 is 1.77. The standard InChI is InChI=1S/C22H28N4S/c1-15(2)26-11-9-23-22(26)17-6-5-10-25(14-17)21-12-16(3)19-8-7-18(27-4)13-20(19)24-21/h7-9,11-13,15,17H,5-6,10,14H2,1-4H3/t17-/m0/s1. The van der Waals surface area contributed by atoms with Crippen LogP contribution in [0.4, 0.5) is 5.82 Å². The van der Waals surface area contributed by atoms with Gasteiger partial charge in [-0.3, -0.25) is 0 Å². The van der Waals surface area contributed by atoms with E-state index in [1.54, 1.807) is 11.8 Å². The van der Waals surface area contributed by atoms with Crippen LogP contribution in [0.5, 0.6) is 0 Å². The van der Waals surface area contributed by atoms with Crippen molar-refractivity contribution in [3.05, 3.63) is 48.0 Å². The largest absolute Gasteiger partial charge is 0.356 e. The fourth-order valence-electron chi connectivity index (χ4n) is 4.13. The Morgan fingerprint density at radius 1 is 1.22 bits per heavy atom. The van der Waals surface area contributed by atoms with Crippen molar-refractivity contribution in [3.63, 3.8) is 0 Å². The number of nitrogens with zero attached hydrogens (tertiary/aromatic N) is 4. The van der Waals surface area contributed by atoms with Gasteiger partial charge in [0.25, 0.3) is 0 Å². The summed E-state index contributed by atoms with van der Waals surface area (Å²) in [5.74, 6) is 2.79. The number of aryl methyl sites for hydroxylation is 1. The van der Waals surface area contributed by atoms with E-state index in [4.69, 9.17) is 9.97 Å². The average Bonchev–Trinajstić information content (AvgIpc) is 3.18. The van der Waals surface area contributed by atoms with E-state index < -0.39 is 0 Å². The minimum atomic E-state index is 0.448. The smallest absolute Gasteiger partial charge is 0.129 e. The molecule has 0 amide bonds. The molecule has 4 nitrogen and oxygen atoms in total.